The van der Waals surface area contributed by atoms with Gasteiger partial charge in [-0.05, 0) is 11.6 Å². The average molecular weight is 351 g/mol. The molecule has 2 heterocycles. The summed E-state index contributed by atoms with van der Waals surface area (Å²) < 4.78 is 0. The molecule has 6 heteroatoms. The van der Waals surface area contributed by atoms with E-state index in [9.17, 15) is 4.79 Å². The molecule has 1 amide bonds. The van der Waals surface area contributed by atoms with E-state index in [2.05, 4.69) is 29.5 Å². The highest BCUT2D eigenvalue weighted by atomic mass is 35.5. The SMILES string of the molecule is C[NH+]1CCc2ccccc2[C@@H]1CC(=O)Nc1ncc(Cl)cc1Cl. The van der Waals surface area contributed by atoms with E-state index in [0.29, 0.717) is 22.3 Å². The molecule has 0 radical (unpaired) electrons. The number of aromatic nitrogens is 1. The number of hydrogen-bond donors (Lipinski definition) is 2. The third kappa shape index (κ3) is 3.66. The molecule has 2 N–H and O–H groups in total. The zero-order valence-corrected chi connectivity index (χ0v) is 14.3. The van der Waals surface area contributed by atoms with Crippen molar-refractivity contribution in [2.45, 2.75) is 18.9 Å². The number of nitrogens with one attached hydrogen (secondary N) is 2. The lowest BCUT2D eigenvalue weighted by Crippen LogP contribution is -3.10. The van der Waals surface area contributed by atoms with E-state index < -0.39 is 0 Å². The van der Waals surface area contributed by atoms with E-state index in [1.807, 2.05) is 12.1 Å². The van der Waals surface area contributed by atoms with Gasteiger partial charge in [-0.1, -0.05) is 47.5 Å². The number of amides is 1. The van der Waals surface area contributed by atoms with E-state index in [-0.39, 0.29) is 11.9 Å². The molecule has 4 nitrogen and oxygen atoms in total. The van der Waals surface area contributed by atoms with Crippen LogP contribution in [0.4, 0.5) is 5.82 Å². The summed E-state index contributed by atoms with van der Waals surface area (Å²) in [4.78, 5) is 17.8. The van der Waals surface area contributed by atoms with Crippen LogP contribution in [0.25, 0.3) is 0 Å². The molecule has 1 unspecified atom stereocenters. The summed E-state index contributed by atoms with van der Waals surface area (Å²) >= 11 is 11.9. The number of quaternary nitrogens is 1. The van der Waals surface area contributed by atoms with E-state index in [0.717, 1.165) is 13.0 Å². The van der Waals surface area contributed by atoms with Crippen LogP contribution in [-0.2, 0) is 11.2 Å². The van der Waals surface area contributed by atoms with Crippen molar-refractivity contribution >= 4 is 34.9 Å². The van der Waals surface area contributed by atoms with Gasteiger partial charge in [-0.2, -0.15) is 0 Å². The van der Waals surface area contributed by atoms with Gasteiger partial charge < -0.3 is 10.2 Å². The predicted octanol–water partition coefficient (Wildman–Crippen LogP) is 2.53. The van der Waals surface area contributed by atoms with Gasteiger partial charge in [0.25, 0.3) is 0 Å². The highest BCUT2D eigenvalue weighted by molar-refractivity contribution is 6.36. The summed E-state index contributed by atoms with van der Waals surface area (Å²) in [5.74, 6) is 0.255. The number of likely N-dealkylation sites (N-methyl/N-ethyl adjacent to an activating group) is 1. The Balaban J connectivity index is 1.75. The quantitative estimate of drug-likeness (QED) is 0.893. The molecule has 1 aromatic heterocycles. The van der Waals surface area contributed by atoms with E-state index in [1.165, 1.54) is 22.2 Å². The first-order valence-electron chi connectivity index (χ1n) is 7.55. The third-order valence-corrected chi connectivity index (χ3v) is 4.76. The Labute approximate surface area is 145 Å². The minimum Gasteiger partial charge on any atom is -0.330 e. The van der Waals surface area contributed by atoms with E-state index in [1.54, 1.807) is 6.07 Å². The molecule has 23 heavy (non-hydrogen) atoms. The molecular formula is C17H18Cl2N3O+. The lowest BCUT2D eigenvalue weighted by molar-refractivity contribution is -0.914. The number of halogens is 2. The molecule has 0 fully saturated rings. The summed E-state index contributed by atoms with van der Waals surface area (Å²) in [5, 5.41) is 3.57. The molecule has 0 saturated heterocycles. The molecule has 1 aromatic carbocycles. The minimum atomic E-state index is -0.0947. The molecular weight excluding hydrogens is 333 g/mol. The zero-order valence-electron chi connectivity index (χ0n) is 12.8. The van der Waals surface area contributed by atoms with Crippen molar-refractivity contribution in [2.75, 3.05) is 18.9 Å². The Bertz CT molecular complexity index is 736. The van der Waals surface area contributed by atoms with Gasteiger partial charge in [0, 0.05) is 18.2 Å². The summed E-state index contributed by atoms with van der Waals surface area (Å²) in [5.41, 5.74) is 2.58. The number of hydrogen-bond acceptors (Lipinski definition) is 2. The zero-order chi connectivity index (χ0) is 16.4. The molecule has 0 aliphatic carbocycles. The fourth-order valence-electron chi connectivity index (χ4n) is 3.03. The van der Waals surface area contributed by atoms with Crippen molar-refractivity contribution in [3.8, 4) is 0 Å². The summed E-state index contributed by atoms with van der Waals surface area (Å²) in [6.45, 7) is 1.02. The van der Waals surface area contributed by atoms with Crippen molar-refractivity contribution in [3.63, 3.8) is 0 Å². The number of anilines is 1. The van der Waals surface area contributed by atoms with Crippen molar-refractivity contribution in [2.24, 2.45) is 0 Å². The van der Waals surface area contributed by atoms with Crippen LogP contribution in [0.1, 0.15) is 23.6 Å². The second-order valence-electron chi connectivity index (χ2n) is 5.83. The van der Waals surface area contributed by atoms with Gasteiger partial charge in [-0.3, -0.25) is 4.79 Å². The van der Waals surface area contributed by atoms with Gasteiger partial charge in [0.2, 0.25) is 5.91 Å². The first-order chi connectivity index (χ1) is 11.0. The van der Waals surface area contributed by atoms with E-state index >= 15 is 0 Å². The fourth-order valence-corrected chi connectivity index (χ4v) is 3.46. The lowest BCUT2D eigenvalue weighted by atomic mass is 9.91. The van der Waals surface area contributed by atoms with Crippen molar-refractivity contribution in [1.29, 1.82) is 0 Å². The summed E-state index contributed by atoms with van der Waals surface area (Å²) in [7, 11) is 2.13. The van der Waals surface area contributed by atoms with Crippen LogP contribution in [0, 0.1) is 0 Å². The van der Waals surface area contributed by atoms with Crippen molar-refractivity contribution in [3.05, 3.63) is 57.7 Å². The van der Waals surface area contributed by atoms with Crippen LogP contribution in [0.2, 0.25) is 10.0 Å². The van der Waals surface area contributed by atoms with Gasteiger partial charge in [-0.15, -0.1) is 0 Å². The summed E-state index contributed by atoms with van der Waals surface area (Å²) in [6.07, 6.45) is 2.91. The second kappa shape index (κ2) is 6.87. The largest absolute Gasteiger partial charge is 0.330 e. The molecule has 1 aliphatic rings. The topological polar surface area (TPSA) is 46.4 Å². The van der Waals surface area contributed by atoms with Gasteiger partial charge in [0.1, 0.15) is 6.04 Å². The molecule has 0 bridgehead atoms. The van der Waals surface area contributed by atoms with Gasteiger partial charge >= 0.3 is 0 Å². The number of pyridine rings is 1. The number of benzene rings is 1. The number of fused-ring (bicyclic) bond motifs is 1. The molecule has 0 spiro atoms. The maximum absolute atomic E-state index is 12.4. The number of nitrogens with zero attached hydrogens (tertiary/aromatic N) is 1. The normalized spacial score (nSPS) is 20.0. The maximum atomic E-state index is 12.4. The highest BCUT2D eigenvalue weighted by Gasteiger charge is 2.30. The highest BCUT2D eigenvalue weighted by Crippen LogP contribution is 2.25. The average Bonchev–Trinajstić information content (AvgIpc) is 2.53. The van der Waals surface area contributed by atoms with Crippen LogP contribution in [0.15, 0.2) is 36.5 Å². The number of carbonyl (C=O) groups is 1. The summed E-state index contributed by atoms with van der Waals surface area (Å²) in [6, 6.07) is 10.0. The number of carbonyl (C=O) groups excluding carboxylic acids is 1. The van der Waals surface area contributed by atoms with Crippen molar-refractivity contribution in [1.82, 2.24) is 4.98 Å². The Morgan fingerprint density at radius 2 is 2.17 bits per heavy atom. The van der Waals surface area contributed by atoms with Crippen molar-refractivity contribution < 1.29 is 9.69 Å². The first-order valence-corrected chi connectivity index (χ1v) is 8.31. The van der Waals surface area contributed by atoms with Gasteiger partial charge in [0.15, 0.2) is 5.82 Å². The molecule has 2 atom stereocenters. The van der Waals surface area contributed by atoms with Gasteiger partial charge in [-0.25, -0.2) is 4.98 Å². The Morgan fingerprint density at radius 1 is 1.39 bits per heavy atom. The van der Waals surface area contributed by atoms with Crippen LogP contribution in [0.5, 0.6) is 0 Å². The Morgan fingerprint density at radius 3 is 2.96 bits per heavy atom. The maximum Gasteiger partial charge on any atom is 0.231 e. The van der Waals surface area contributed by atoms with Crippen LogP contribution in [0.3, 0.4) is 0 Å². The second-order valence-corrected chi connectivity index (χ2v) is 6.68. The smallest absolute Gasteiger partial charge is 0.231 e. The molecule has 120 valence electrons. The number of rotatable bonds is 3. The third-order valence-electron chi connectivity index (χ3n) is 4.27. The van der Waals surface area contributed by atoms with Gasteiger partial charge in [0.05, 0.1) is 30.1 Å². The lowest BCUT2D eigenvalue weighted by Gasteiger charge is -2.31. The standard InChI is InChI=1S/C17H17Cl2N3O/c1-22-7-6-11-4-2-3-5-13(11)15(22)9-16(23)21-17-14(19)8-12(18)10-20-17/h2-5,8,10,15H,6-7,9H2,1H3,(H,20,21,23)/p+1/t15-/m0/s1. The Kier molecular flexibility index (Phi) is 4.85. The van der Waals surface area contributed by atoms with Crippen LogP contribution in [-0.4, -0.2) is 24.5 Å². The molecule has 2 aromatic rings. The molecule has 3 rings (SSSR count). The van der Waals surface area contributed by atoms with Crippen LogP contribution < -0.4 is 10.2 Å². The van der Waals surface area contributed by atoms with Crippen LogP contribution >= 0.6 is 23.2 Å². The van der Waals surface area contributed by atoms with E-state index in [4.69, 9.17) is 23.2 Å². The minimum absolute atomic E-state index is 0.0947. The molecule has 0 saturated carbocycles. The fraction of sp³-hybridized carbons (Fsp3) is 0.294. The molecule has 1 aliphatic heterocycles. The monoisotopic (exact) mass is 350 g/mol. The first kappa shape index (κ1) is 16.2. The Hall–Kier alpha value is -1.62. The predicted molar refractivity (Wildman–Crippen MR) is 92.1 cm³/mol.